The SMILES string of the molecule is CC(C)=CCCC(C)=CCCC(C)=CCC[C@]1(C)CCc2cc(OC(=O)C=Cc3ccc(O)c(O)c3)c(C)c(C)c2O1. The molecule has 1 atom stereocenters. The average molecular weight is 573 g/mol. The summed E-state index contributed by atoms with van der Waals surface area (Å²) < 4.78 is 12.3. The summed E-state index contributed by atoms with van der Waals surface area (Å²) in [5.74, 6) is 0.476. The first-order valence-corrected chi connectivity index (χ1v) is 15.1. The Balaban J connectivity index is 1.56. The number of carbonyl (C=O) groups excluding carboxylic acids is 1. The molecule has 5 nitrogen and oxygen atoms in total. The second kappa shape index (κ2) is 14.9. The molecule has 2 aromatic carbocycles. The van der Waals surface area contributed by atoms with E-state index in [-0.39, 0.29) is 17.1 Å². The van der Waals surface area contributed by atoms with E-state index >= 15 is 0 Å². The van der Waals surface area contributed by atoms with Crippen molar-refractivity contribution in [1.82, 2.24) is 0 Å². The van der Waals surface area contributed by atoms with Crippen LogP contribution in [-0.4, -0.2) is 21.8 Å². The van der Waals surface area contributed by atoms with Gasteiger partial charge in [0.25, 0.3) is 0 Å². The van der Waals surface area contributed by atoms with Crippen LogP contribution in [0.1, 0.15) is 102 Å². The smallest absolute Gasteiger partial charge is 0.336 e. The molecule has 0 spiro atoms. The molecule has 1 heterocycles. The summed E-state index contributed by atoms with van der Waals surface area (Å²) in [4.78, 5) is 12.5. The van der Waals surface area contributed by atoms with Gasteiger partial charge in [-0.1, -0.05) is 41.0 Å². The minimum absolute atomic E-state index is 0.209. The summed E-state index contributed by atoms with van der Waals surface area (Å²) in [5, 5.41) is 19.1. The molecule has 2 aromatic rings. The lowest BCUT2D eigenvalue weighted by Crippen LogP contribution is -2.36. The van der Waals surface area contributed by atoms with Gasteiger partial charge < -0.3 is 19.7 Å². The number of rotatable bonds is 12. The fourth-order valence-electron chi connectivity index (χ4n) is 5.15. The maximum Gasteiger partial charge on any atom is 0.336 e. The Morgan fingerprint density at radius 3 is 2.26 bits per heavy atom. The standard InChI is InChI=1S/C37H48O5/c1-25(2)11-8-12-26(3)13-9-14-27(4)15-10-21-37(7)22-20-31-24-34(28(5)29(6)36(31)42-37)41-35(40)19-17-30-16-18-32(38)33(39)23-30/h11,13,15-19,23-24,38-39H,8-10,12,14,20-22H2,1-7H3/t37-/m1/s1. The zero-order valence-corrected chi connectivity index (χ0v) is 26.5. The van der Waals surface area contributed by atoms with E-state index in [0.29, 0.717) is 11.3 Å². The predicted octanol–water partition coefficient (Wildman–Crippen LogP) is 9.62. The Bertz CT molecular complexity index is 1390. The number of aryl methyl sites for hydroxylation is 1. The Morgan fingerprint density at radius 1 is 0.929 bits per heavy atom. The molecule has 0 amide bonds. The number of allylic oxidation sites excluding steroid dienone is 6. The maximum atomic E-state index is 12.5. The van der Waals surface area contributed by atoms with Gasteiger partial charge >= 0.3 is 5.97 Å². The summed E-state index contributed by atoms with van der Waals surface area (Å²) in [7, 11) is 0. The van der Waals surface area contributed by atoms with Crippen molar-refractivity contribution in [3.8, 4) is 23.0 Å². The molecule has 0 unspecified atom stereocenters. The van der Waals surface area contributed by atoms with E-state index in [1.54, 1.807) is 6.07 Å². The number of esters is 1. The first-order chi connectivity index (χ1) is 19.9. The first kappa shape index (κ1) is 32.8. The molecule has 0 aliphatic carbocycles. The first-order valence-electron chi connectivity index (χ1n) is 15.1. The molecular formula is C37H48O5. The lowest BCUT2D eigenvalue weighted by Gasteiger charge is -2.37. The van der Waals surface area contributed by atoms with Crippen molar-refractivity contribution in [3.63, 3.8) is 0 Å². The van der Waals surface area contributed by atoms with Gasteiger partial charge in [0.2, 0.25) is 0 Å². The maximum absolute atomic E-state index is 12.5. The van der Waals surface area contributed by atoms with Gasteiger partial charge in [-0.2, -0.15) is 0 Å². The Kier molecular flexibility index (Phi) is 11.7. The van der Waals surface area contributed by atoms with Gasteiger partial charge in [0.05, 0.1) is 0 Å². The molecule has 42 heavy (non-hydrogen) atoms. The highest BCUT2D eigenvalue weighted by Crippen LogP contribution is 2.42. The van der Waals surface area contributed by atoms with Crippen molar-refractivity contribution in [2.45, 2.75) is 105 Å². The van der Waals surface area contributed by atoms with E-state index in [0.717, 1.165) is 73.8 Å². The fourth-order valence-corrected chi connectivity index (χ4v) is 5.15. The molecule has 226 valence electrons. The fraction of sp³-hybridized carbons (Fsp3) is 0.432. The number of hydrogen-bond donors (Lipinski definition) is 2. The number of carbonyl (C=O) groups is 1. The normalized spacial score (nSPS) is 17.1. The van der Waals surface area contributed by atoms with Crippen LogP contribution >= 0.6 is 0 Å². The predicted molar refractivity (Wildman–Crippen MR) is 172 cm³/mol. The van der Waals surface area contributed by atoms with Gasteiger partial charge in [-0.25, -0.2) is 4.79 Å². The summed E-state index contributed by atoms with van der Waals surface area (Å²) in [6, 6.07) is 6.28. The Labute approximate surface area is 252 Å². The largest absolute Gasteiger partial charge is 0.504 e. The quantitative estimate of drug-likeness (QED) is 0.0870. The van der Waals surface area contributed by atoms with Crippen LogP contribution in [0.4, 0.5) is 0 Å². The third-order valence-corrected chi connectivity index (χ3v) is 8.05. The average Bonchev–Trinajstić information content (AvgIpc) is 2.92. The zero-order chi connectivity index (χ0) is 30.9. The van der Waals surface area contributed by atoms with E-state index in [1.165, 1.54) is 41.0 Å². The van der Waals surface area contributed by atoms with Gasteiger partial charge in [0, 0.05) is 6.08 Å². The third kappa shape index (κ3) is 9.68. The van der Waals surface area contributed by atoms with Crippen LogP contribution in [0.25, 0.3) is 6.08 Å². The molecule has 0 saturated heterocycles. The van der Waals surface area contributed by atoms with Gasteiger partial charge in [-0.15, -0.1) is 0 Å². The van der Waals surface area contributed by atoms with Crippen LogP contribution in [0.2, 0.25) is 0 Å². The second-order valence-corrected chi connectivity index (χ2v) is 12.2. The van der Waals surface area contributed by atoms with Gasteiger partial charge in [-0.05, 0) is 146 Å². The van der Waals surface area contributed by atoms with E-state index < -0.39 is 5.97 Å². The van der Waals surface area contributed by atoms with E-state index in [4.69, 9.17) is 9.47 Å². The molecular weight excluding hydrogens is 524 g/mol. The highest BCUT2D eigenvalue weighted by Gasteiger charge is 2.33. The molecule has 1 aliphatic heterocycles. The van der Waals surface area contributed by atoms with Crippen LogP contribution in [-0.2, 0) is 11.2 Å². The van der Waals surface area contributed by atoms with Gasteiger partial charge in [-0.3, -0.25) is 0 Å². The van der Waals surface area contributed by atoms with Gasteiger partial charge in [0.1, 0.15) is 17.1 Å². The number of benzene rings is 2. The molecule has 0 aromatic heterocycles. The summed E-state index contributed by atoms with van der Waals surface area (Å²) in [6.45, 7) is 14.9. The van der Waals surface area contributed by atoms with E-state index in [1.807, 2.05) is 19.9 Å². The molecule has 0 saturated carbocycles. The Hall–Kier alpha value is -3.73. The molecule has 0 radical (unpaired) electrons. The van der Waals surface area contributed by atoms with Crippen LogP contribution in [0, 0.1) is 13.8 Å². The zero-order valence-electron chi connectivity index (χ0n) is 26.5. The van der Waals surface area contributed by atoms with E-state index in [9.17, 15) is 15.0 Å². The molecule has 3 rings (SSSR count). The summed E-state index contributed by atoms with van der Waals surface area (Å²) in [5.41, 5.74) is 7.56. The second-order valence-electron chi connectivity index (χ2n) is 12.2. The lowest BCUT2D eigenvalue weighted by molar-refractivity contribution is -0.128. The van der Waals surface area contributed by atoms with Crippen molar-refractivity contribution in [1.29, 1.82) is 0 Å². The van der Waals surface area contributed by atoms with Crippen LogP contribution < -0.4 is 9.47 Å². The van der Waals surface area contributed by atoms with Crippen LogP contribution in [0.15, 0.2) is 65.3 Å². The highest BCUT2D eigenvalue weighted by molar-refractivity contribution is 5.89. The number of hydrogen-bond acceptors (Lipinski definition) is 5. The minimum atomic E-state index is -0.511. The van der Waals surface area contributed by atoms with Crippen molar-refractivity contribution >= 4 is 12.0 Å². The van der Waals surface area contributed by atoms with Crippen molar-refractivity contribution in [3.05, 3.63) is 87.5 Å². The summed E-state index contributed by atoms with van der Waals surface area (Å²) in [6.07, 6.45) is 18.0. The highest BCUT2D eigenvalue weighted by atomic mass is 16.5. The Morgan fingerprint density at radius 2 is 1.60 bits per heavy atom. The number of aromatic hydroxyl groups is 2. The molecule has 0 fully saturated rings. The minimum Gasteiger partial charge on any atom is -0.504 e. The van der Waals surface area contributed by atoms with Crippen molar-refractivity contribution in [2.24, 2.45) is 0 Å². The lowest BCUT2D eigenvalue weighted by atomic mass is 9.86. The molecule has 0 bridgehead atoms. The van der Waals surface area contributed by atoms with Crippen molar-refractivity contribution < 1.29 is 24.5 Å². The van der Waals surface area contributed by atoms with E-state index in [2.05, 4.69) is 52.8 Å². The molecule has 1 aliphatic rings. The molecule has 2 N–H and O–H groups in total. The van der Waals surface area contributed by atoms with Gasteiger partial charge in [0.15, 0.2) is 11.5 Å². The topological polar surface area (TPSA) is 76.0 Å². The number of phenolic OH excluding ortho intramolecular Hbond substituents is 2. The summed E-state index contributed by atoms with van der Waals surface area (Å²) >= 11 is 0. The van der Waals surface area contributed by atoms with Crippen molar-refractivity contribution in [2.75, 3.05) is 0 Å². The number of phenols is 2. The monoisotopic (exact) mass is 572 g/mol. The third-order valence-electron chi connectivity index (χ3n) is 8.05. The number of fused-ring (bicyclic) bond motifs is 1. The number of ether oxygens (including phenoxy) is 2. The van der Waals surface area contributed by atoms with Crippen LogP contribution in [0.5, 0.6) is 23.0 Å². The molecule has 5 heteroatoms. The van der Waals surface area contributed by atoms with Crippen LogP contribution in [0.3, 0.4) is 0 Å².